The molecule has 34 heavy (non-hydrogen) atoms. The van der Waals surface area contributed by atoms with Gasteiger partial charge >= 0.3 is 10.4 Å². The predicted molar refractivity (Wildman–Crippen MR) is 123 cm³/mol. The van der Waals surface area contributed by atoms with Crippen molar-refractivity contribution in [2.45, 2.75) is 11.8 Å². The number of sulfonamides is 1. The lowest BCUT2D eigenvalue weighted by Crippen LogP contribution is -2.28. The Morgan fingerprint density at radius 3 is 2.50 bits per heavy atom. The number of para-hydroxylation sites is 1. The van der Waals surface area contributed by atoms with Crippen LogP contribution in [0, 0.1) is 6.92 Å². The largest absolute Gasteiger partial charge is 0.504 e. The summed E-state index contributed by atoms with van der Waals surface area (Å²) < 4.78 is 62.2. The number of anilines is 1. The Morgan fingerprint density at radius 2 is 1.85 bits per heavy atom. The van der Waals surface area contributed by atoms with E-state index in [4.69, 9.17) is 21.9 Å². The number of phenolic OH excluding ortho intramolecular Hbond substituents is 1. The normalized spacial score (nSPS) is 12.4. The molecule has 0 fully saturated rings. The van der Waals surface area contributed by atoms with E-state index in [-0.39, 0.29) is 27.1 Å². The molecule has 16 heteroatoms. The van der Waals surface area contributed by atoms with E-state index in [0.717, 1.165) is 12.1 Å². The highest BCUT2D eigenvalue weighted by atomic mass is 35.5. The summed E-state index contributed by atoms with van der Waals surface area (Å²) in [6.45, 7) is 0.517. The van der Waals surface area contributed by atoms with Crippen molar-refractivity contribution in [2.24, 2.45) is 10.2 Å². The molecule has 0 aliphatic carbocycles. The second kappa shape index (κ2) is 10.0. The number of halogens is 1. The number of nitrogens with two attached hydrogens (primary N) is 1. The number of aromatic hydroxyl groups is 1. The first-order chi connectivity index (χ1) is 15.9. The van der Waals surface area contributed by atoms with Crippen molar-refractivity contribution in [1.29, 1.82) is 0 Å². The monoisotopic (exact) mass is 530 g/mol. The first-order valence-electron chi connectivity index (χ1n) is 9.35. The third-order valence-corrected chi connectivity index (χ3v) is 6.47. The van der Waals surface area contributed by atoms with Gasteiger partial charge in [0.1, 0.15) is 5.69 Å². The van der Waals surface area contributed by atoms with Gasteiger partial charge in [0.25, 0.3) is 0 Å². The lowest BCUT2D eigenvalue weighted by molar-refractivity contribution is 0.272. The zero-order chi connectivity index (χ0) is 25.1. The number of aryl methyl sites for hydroxylation is 1. The Kier molecular flexibility index (Phi) is 7.54. The number of nitrogen functional groups attached to an aromatic ring is 1. The SMILES string of the molecule is Cc1nn(-c2ccccc2)c(N)c1/N=N/c1cc(S(=O)(=O)NCCOS(=O)(=O)O)cc(Cl)c1O. The van der Waals surface area contributed by atoms with Gasteiger partial charge in [0.2, 0.25) is 10.0 Å². The molecule has 1 heterocycles. The van der Waals surface area contributed by atoms with E-state index in [1.807, 2.05) is 18.2 Å². The van der Waals surface area contributed by atoms with Crippen LogP contribution < -0.4 is 10.5 Å². The lowest BCUT2D eigenvalue weighted by Gasteiger charge is -2.09. The highest BCUT2D eigenvalue weighted by molar-refractivity contribution is 7.89. The van der Waals surface area contributed by atoms with Gasteiger partial charge in [0.15, 0.2) is 17.3 Å². The van der Waals surface area contributed by atoms with Crippen LogP contribution >= 0.6 is 11.6 Å². The highest BCUT2D eigenvalue weighted by Gasteiger charge is 2.20. The van der Waals surface area contributed by atoms with Gasteiger partial charge in [-0.3, -0.25) is 4.55 Å². The van der Waals surface area contributed by atoms with Gasteiger partial charge < -0.3 is 10.8 Å². The standard InChI is InChI=1S/C18H19ClN6O7S2/c1-11-16(18(20)25(24-11)12-5-3-2-4-6-12)23-22-15-10-13(9-14(19)17(15)26)33(27,28)21-7-8-32-34(29,30)31/h2-6,9-10,21,26H,7-8,20H2,1H3,(H,29,30,31)/b23-22+. The van der Waals surface area contributed by atoms with Gasteiger partial charge in [-0.15, -0.1) is 10.2 Å². The molecule has 182 valence electrons. The van der Waals surface area contributed by atoms with E-state index in [1.54, 1.807) is 19.1 Å². The minimum atomic E-state index is -4.72. The number of nitrogens with zero attached hydrogens (tertiary/aromatic N) is 4. The topological polar surface area (TPSA) is 199 Å². The van der Waals surface area contributed by atoms with E-state index in [9.17, 15) is 21.9 Å². The first-order valence-corrected chi connectivity index (χ1v) is 12.6. The lowest BCUT2D eigenvalue weighted by atomic mass is 10.3. The molecule has 13 nitrogen and oxygen atoms in total. The summed E-state index contributed by atoms with van der Waals surface area (Å²) in [5.74, 6) is -0.354. The Hall–Kier alpha value is -3.08. The van der Waals surface area contributed by atoms with Gasteiger partial charge in [-0.1, -0.05) is 29.8 Å². The number of azo groups is 1. The molecule has 3 aromatic rings. The van der Waals surface area contributed by atoms with Crippen LogP contribution in [0.3, 0.4) is 0 Å². The van der Waals surface area contributed by atoms with Crippen molar-refractivity contribution in [2.75, 3.05) is 18.9 Å². The first kappa shape index (κ1) is 25.5. The quantitative estimate of drug-likeness (QED) is 0.182. The molecular formula is C18H19ClN6O7S2. The Morgan fingerprint density at radius 1 is 1.18 bits per heavy atom. The summed E-state index contributed by atoms with van der Waals surface area (Å²) in [6.07, 6.45) is 0. The molecule has 0 saturated carbocycles. The zero-order valence-corrected chi connectivity index (χ0v) is 19.8. The fraction of sp³-hybridized carbons (Fsp3) is 0.167. The smallest absolute Gasteiger partial charge is 0.397 e. The van der Waals surface area contributed by atoms with Crippen molar-refractivity contribution in [3.63, 3.8) is 0 Å². The molecule has 0 spiro atoms. The van der Waals surface area contributed by atoms with Gasteiger partial charge in [0, 0.05) is 6.54 Å². The average Bonchev–Trinajstić information content (AvgIpc) is 3.05. The third kappa shape index (κ3) is 6.07. The fourth-order valence-corrected chi connectivity index (χ4v) is 4.36. The zero-order valence-electron chi connectivity index (χ0n) is 17.5. The average molecular weight is 531 g/mol. The Balaban J connectivity index is 1.88. The van der Waals surface area contributed by atoms with Crippen LogP contribution in [0.1, 0.15) is 5.69 Å². The molecule has 0 saturated heterocycles. The van der Waals surface area contributed by atoms with E-state index in [1.165, 1.54) is 4.68 Å². The van der Waals surface area contributed by atoms with Crippen LogP contribution in [-0.4, -0.2) is 49.4 Å². The molecule has 0 aliphatic rings. The van der Waals surface area contributed by atoms with Crippen LogP contribution in [0.15, 0.2) is 57.6 Å². The summed E-state index contributed by atoms with van der Waals surface area (Å²) in [4.78, 5) is -0.388. The number of nitrogens with one attached hydrogen (secondary N) is 1. The van der Waals surface area contributed by atoms with Crippen LogP contribution in [-0.2, 0) is 24.6 Å². The van der Waals surface area contributed by atoms with E-state index in [0.29, 0.717) is 11.4 Å². The van der Waals surface area contributed by atoms with Crippen molar-refractivity contribution in [3.05, 3.63) is 53.2 Å². The molecule has 3 rings (SSSR count). The highest BCUT2D eigenvalue weighted by Crippen LogP contribution is 2.38. The maximum atomic E-state index is 12.5. The minimum Gasteiger partial charge on any atom is -0.504 e. The van der Waals surface area contributed by atoms with Gasteiger partial charge in [-0.05, 0) is 31.2 Å². The molecule has 0 aliphatic heterocycles. The van der Waals surface area contributed by atoms with Crippen molar-refractivity contribution in [1.82, 2.24) is 14.5 Å². The molecule has 0 atom stereocenters. The van der Waals surface area contributed by atoms with Crippen molar-refractivity contribution in [3.8, 4) is 11.4 Å². The fourth-order valence-electron chi connectivity index (χ4n) is 2.73. The Bertz CT molecular complexity index is 1440. The number of hydrogen-bond acceptors (Lipinski definition) is 10. The molecule has 0 amide bonds. The van der Waals surface area contributed by atoms with Crippen molar-refractivity contribution >= 4 is 49.2 Å². The van der Waals surface area contributed by atoms with E-state index < -0.39 is 39.3 Å². The Labute approximate surface area is 199 Å². The van der Waals surface area contributed by atoms with Crippen LogP contribution in [0.25, 0.3) is 5.69 Å². The van der Waals surface area contributed by atoms with E-state index >= 15 is 0 Å². The summed E-state index contributed by atoms with van der Waals surface area (Å²) in [7, 11) is -8.93. The molecule has 0 bridgehead atoms. The predicted octanol–water partition coefficient (Wildman–Crippen LogP) is 2.64. The summed E-state index contributed by atoms with van der Waals surface area (Å²) in [5.41, 5.74) is 7.20. The van der Waals surface area contributed by atoms with Gasteiger partial charge in [0.05, 0.1) is 27.9 Å². The number of aromatic nitrogens is 2. The summed E-state index contributed by atoms with van der Waals surface area (Å²) >= 11 is 5.95. The summed E-state index contributed by atoms with van der Waals surface area (Å²) in [5, 5.41) is 22.1. The molecule has 0 radical (unpaired) electrons. The van der Waals surface area contributed by atoms with Crippen LogP contribution in [0.4, 0.5) is 17.2 Å². The number of rotatable bonds is 9. The van der Waals surface area contributed by atoms with Crippen LogP contribution in [0.2, 0.25) is 5.02 Å². The van der Waals surface area contributed by atoms with E-state index in [2.05, 4.69) is 24.2 Å². The second-order valence-corrected chi connectivity index (χ2v) is 9.95. The number of hydrogen-bond donors (Lipinski definition) is 4. The maximum absolute atomic E-state index is 12.5. The van der Waals surface area contributed by atoms with Gasteiger partial charge in [-0.2, -0.15) is 13.5 Å². The third-order valence-electron chi connectivity index (χ3n) is 4.28. The number of phenols is 1. The summed E-state index contributed by atoms with van der Waals surface area (Å²) in [6, 6.07) is 11.0. The van der Waals surface area contributed by atoms with Crippen molar-refractivity contribution < 1.29 is 30.7 Å². The second-order valence-electron chi connectivity index (χ2n) is 6.69. The minimum absolute atomic E-state index is 0.169. The molecule has 1 aromatic heterocycles. The molecular weight excluding hydrogens is 512 g/mol. The molecule has 0 unspecified atom stereocenters. The molecule has 5 N–H and O–H groups in total. The van der Waals surface area contributed by atoms with Crippen LogP contribution in [0.5, 0.6) is 5.75 Å². The number of benzene rings is 2. The van der Waals surface area contributed by atoms with Gasteiger partial charge in [-0.25, -0.2) is 22.0 Å². The molecule has 2 aromatic carbocycles. The maximum Gasteiger partial charge on any atom is 0.397 e.